The molecule has 1 aliphatic rings. The predicted octanol–water partition coefficient (Wildman–Crippen LogP) is 2.92. The highest BCUT2D eigenvalue weighted by Gasteiger charge is 2.23. The standard InChI is InChI=1S/C23H27N5O/c29-23(20-9-5-2-6-10-20)27-15-12-21(13-16-27)24-17-22-26-25-18-28(22)14-11-19-7-3-1-4-8-19/h1-10,18,21,24H,11-17H2. The van der Waals surface area contributed by atoms with Crippen molar-refractivity contribution in [3.05, 3.63) is 83.9 Å². The van der Waals surface area contributed by atoms with Gasteiger partial charge in [0.2, 0.25) is 0 Å². The summed E-state index contributed by atoms with van der Waals surface area (Å²) < 4.78 is 2.12. The predicted molar refractivity (Wildman–Crippen MR) is 112 cm³/mol. The Hall–Kier alpha value is -2.99. The maximum absolute atomic E-state index is 12.6. The van der Waals surface area contributed by atoms with E-state index in [1.165, 1.54) is 5.56 Å². The topological polar surface area (TPSA) is 63.1 Å². The lowest BCUT2D eigenvalue weighted by molar-refractivity contribution is 0.0704. The Labute approximate surface area is 171 Å². The lowest BCUT2D eigenvalue weighted by Gasteiger charge is -2.32. The van der Waals surface area contributed by atoms with E-state index in [-0.39, 0.29) is 5.91 Å². The largest absolute Gasteiger partial charge is 0.339 e. The third-order valence-corrected chi connectivity index (χ3v) is 5.53. The van der Waals surface area contributed by atoms with E-state index in [1.54, 1.807) is 6.33 Å². The number of likely N-dealkylation sites (tertiary alicyclic amines) is 1. The fourth-order valence-corrected chi connectivity index (χ4v) is 3.78. The van der Waals surface area contributed by atoms with Gasteiger partial charge >= 0.3 is 0 Å². The maximum atomic E-state index is 12.6. The Morgan fingerprint density at radius 2 is 1.69 bits per heavy atom. The van der Waals surface area contributed by atoms with Gasteiger partial charge in [0.05, 0.1) is 6.54 Å². The highest BCUT2D eigenvalue weighted by atomic mass is 16.2. The van der Waals surface area contributed by atoms with Crippen LogP contribution in [-0.2, 0) is 19.5 Å². The van der Waals surface area contributed by atoms with Crippen LogP contribution in [0.5, 0.6) is 0 Å². The maximum Gasteiger partial charge on any atom is 0.253 e. The minimum atomic E-state index is 0.129. The van der Waals surface area contributed by atoms with Gasteiger partial charge in [0.25, 0.3) is 5.91 Å². The Morgan fingerprint density at radius 1 is 1.00 bits per heavy atom. The number of carbonyl (C=O) groups is 1. The van der Waals surface area contributed by atoms with E-state index in [0.29, 0.717) is 12.6 Å². The summed E-state index contributed by atoms with van der Waals surface area (Å²) in [5, 5.41) is 12.0. The van der Waals surface area contributed by atoms with E-state index in [0.717, 1.165) is 50.3 Å². The average molecular weight is 390 g/mol. The monoisotopic (exact) mass is 389 g/mol. The molecule has 0 spiro atoms. The summed E-state index contributed by atoms with van der Waals surface area (Å²) in [5.41, 5.74) is 2.08. The van der Waals surface area contributed by atoms with E-state index >= 15 is 0 Å². The highest BCUT2D eigenvalue weighted by Crippen LogP contribution is 2.14. The van der Waals surface area contributed by atoms with Gasteiger partial charge in [0.1, 0.15) is 12.2 Å². The summed E-state index contributed by atoms with van der Waals surface area (Å²) in [4.78, 5) is 14.5. The smallest absolute Gasteiger partial charge is 0.253 e. The molecule has 1 fully saturated rings. The Balaban J connectivity index is 1.24. The molecule has 4 rings (SSSR count). The Bertz CT molecular complexity index is 901. The molecule has 2 aromatic carbocycles. The van der Waals surface area contributed by atoms with Crippen molar-refractivity contribution in [1.82, 2.24) is 25.0 Å². The number of aryl methyl sites for hydroxylation is 2. The molecule has 6 heteroatoms. The molecule has 0 radical (unpaired) electrons. The van der Waals surface area contributed by atoms with E-state index in [9.17, 15) is 4.79 Å². The molecule has 1 aromatic heterocycles. The van der Waals surface area contributed by atoms with Crippen LogP contribution in [-0.4, -0.2) is 44.7 Å². The molecule has 0 aliphatic carbocycles. The summed E-state index contributed by atoms with van der Waals surface area (Å²) in [6, 6.07) is 20.4. The first kappa shape index (κ1) is 19.3. The zero-order chi connectivity index (χ0) is 19.9. The number of rotatable bonds is 7. The molecule has 0 bridgehead atoms. The molecule has 1 saturated heterocycles. The van der Waals surface area contributed by atoms with Crippen molar-refractivity contribution in [3.8, 4) is 0 Å². The summed E-state index contributed by atoms with van der Waals surface area (Å²) in [7, 11) is 0. The number of amides is 1. The summed E-state index contributed by atoms with van der Waals surface area (Å²) in [6.45, 7) is 3.14. The second-order valence-corrected chi connectivity index (χ2v) is 7.49. The Kier molecular flexibility index (Phi) is 6.32. The van der Waals surface area contributed by atoms with Gasteiger partial charge < -0.3 is 14.8 Å². The van der Waals surface area contributed by atoms with Gasteiger partial charge in [-0.05, 0) is 37.0 Å². The van der Waals surface area contributed by atoms with E-state index < -0.39 is 0 Å². The summed E-state index contributed by atoms with van der Waals surface area (Å²) in [5.74, 6) is 1.09. The van der Waals surface area contributed by atoms with E-state index in [4.69, 9.17) is 0 Å². The van der Waals surface area contributed by atoms with Crippen LogP contribution in [0.1, 0.15) is 34.6 Å². The zero-order valence-electron chi connectivity index (χ0n) is 16.6. The fraction of sp³-hybridized carbons (Fsp3) is 0.348. The first-order valence-corrected chi connectivity index (χ1v) is 10.3. The molecule has 3 aromatic rings. The molecule has 29 heavy (non-hydrogen) atoms. The first-order chi connectivity index (χ1) is 14.3. The molecular formula is C23H27N5O. The molecule has 150 valence electrons. The van der Waals surface area contributed by atoms with Gasteiger partial charge in [-0.15, -0.1) is 10.2 Å². The van der Waals surface area contributed by atoms with Crippen molar-refractivity contribution in [1.29, 1.82) is 0 Å². The minimum absolute atomic E-state index is 0.129. The van der Waals surface area contributed by atoms with Crippen LogP contribution >= 0.6 is 0 Å². The van der Waals surface area contributed by atoms with E-state index in [1.807, 2.05) is 41.3 Å². The number of hydrogen-bond donors (Lipinski definition) is 1. The number of aromatic nitrogens is 3. The van der Waals surface area contributed by atoms with Crippen molar-refractivity contribution in [3.63, 3.8) is 0 Å². The minimum Gasteiger partial charge on any atom is -0.339 e. The van der Waals surface area contributed by atoms with Crippen molar-refractivity contribution in [2.75, 3.05) is 13.1 Å². The fourth-order valence-electron chi connectivity index (χ4n) is 3.78. The Morgan fingerprint density at radius 3 is 2.41 bits per heavy atom. The number of hydrogen-bond acceptors (Lipinski definition) is 4. The number of nitrogens with one attached hydrogen (secondary N) is 1. The third kappa shape index (κ3) is 5.09. The quantitative estimate of drug-likeness (QED) is 0.675. The summed E-state index contributed by atoms with van der Waals surface area (Å²) in [6.07, 6.45) is 4.68. The molecule has 2 heterocycles. The van der Waals surface area contributed by atoms with Crippen molar-refractivity contribution in [2.45, 2.75) is 38.4 Å². The summed E-state index contributed by atoms with van der Waals surface area (Å²) >= 11 is 0. The van der Waals surface area contributed by atoms with Gasteiger partial charge in [0, 0.05) is 31.2 Å². The molecule has 0 unspecified atom stereocenters. The number of benzene rings is 2. The van der Waals surface area contributed by atoms with Gasteiger partial charge in [-0.1, -0.05) is 48.5 Å². The molecule has 1 amide bonds. The second kappa shape index (κ2) is 9.47. The first-order valence-electron chi connectivity index (χ1n) is 10.3. The van der Waals surface area contributed by atoms with Crippen molar-refractivity contribution < 1.29 is 4.79 Å². The van der Waals surface area contributed by atoms with Crippen LogP contribution in [0.3, 0.4) is 0 Å². The molecule has 1 aliphatic heterocycles. The number of piperidine rings is 1. The van der Waals surface area contributed by atoms with Gasteiger partial charge in [0.15, 0.2) is 0 Å². The lowest BCUT2D eigenvalue weighted by Crippen LogP contribution is -2.44. The molecular weight excluding hydrogens is 362 g/mol. The van der Waals surface area contributed by atoms with Crippen LogP contribution in [0, 0.1) is 0 Å². The van der Waals surface area contributed by atoms with Crippen molar-refractivity contribution in [2.24, 2.45) is 0 Å². The highest BCUT2D eigenvalue weighted by molar-refractivity contribution is 5.94. The molecule has 1 N–H and O–H groups in total. The third-order valence-electron chi connectivity index (χ3n) is 5.53. The van der Waals surface area contributed by atoms with Gasteiger partial charge in [-0.25, -0.2) is 0 Å². The van der Waals surface area contributed by atoms with Crippen LogP contribution in [0.4, 0.5) is 0 Å². The molecule has 0 saturated carbocycles. The normalized spacial score (nSPS) is 14.8. The van der Waals surface area contributed by atoms with E-state index in [2.05, 4.69) is 44.3 Å². The number of nitrogens with zero attached hydrogens (tertiary/aromatic N) is 4. The average Bonchev–Trinajstić information content (AvgIpc) is 3.25. The lowest BCUT2D eigenvalue weighted by atomic mass is 10.0. The zero-order valence-corrected chi connectivity index (χ0v) is 16.6. The van der Waals surface area contributed by atoms with Crippen molar-refractivity contribution >= 4 is 5.91 Å². The van der Waals surface area contributed by atoms with Crippen LogP contribution < -0.4 is 5.32 Å². The SMILES string of the molecule is O=C(c1ccccc1)N1CCC(NCc2nncn2CCc2ccccc2)CC1. The second-order valence-electron chi connectivity index (χ2n) is 7.49. The molecule has 0 atom stereocenters. The van der Waals surface area contributed by atoms with Crippen LogP contribution in [0.25, 0.3) is 0 Å². The number of carbonyl (C=O) groups excluding carboxylic acids is 1. The van der Waals surface area contributed by atoms with Crippen LogP contribution in [0.2, 0.25) is 0 Å². The van der Waals surface area contributed by atoms with Gasteiger partial charge in [-0.3, -0.25) is 4.79 Å². The van der Waals surface area contributed by atoms with Gasteiger partial charge in [-0.2, -0.15) is 0 Å². The van der Waals surface area contributed by atoms with Crippen LogP contribution in [0.15, 0.2) is 67.0 Å². The molecule has 6 nitrogen and oxygen atoms in total.